The molecular weight excluding hydrogens is 285 g/mol. The Hall–Kier alpha value is -1.75. The van der Waals surface area contributed by atoms with Crippen LogP contribution in [0.2, 0.25) is 0 Å². The number of imidazole rings is 1. The first-order valence-corrected chi connectivity index (χ1v) is 5.78. The van der Waals surface area contributed by atoms with E-state index in [1.807, 2.05) is 10.5 Å². The molecular formula is C12H7BrFN3. The van der Waals surface area contributed by atoms with E-state index in [-0.39, 0.29) is 5.82 Å². The van der Waals surface area contributed by atoms with Crippen LogP contribution in [0.4, 0.5) is 4.39 Å². The highest BCUT2D eigenvalue weighted by Crippen LogP contribution is 2.25. The molecule has 3 nitrogen and oxygen atoms in total. The lowest BCUT2D eigenvalue weighted by molar-refractivity contribution is 0.628. The first-order chi connectivity index (χ1) is 8.25. The standard InChI is InChI=1S/C12H7BrFN3/c13-11-10-5-6-15-7-17(10)12(16-11)8-1-3-9(14)4-2-8/h1-7H. The summed E-state index contributed by atoms with van der Waals surface area (Å²) in [4.78, 5) is 8.46. The van der Waals surface area contributed by atoms with Gasteiger partial charge in [0.25, 0.3) is 0 Å². The lowest BCUT2D eigenvalue weighted by Gasteiger charge is -1.99. The normalized spacial score (nSPS) is 10.9. The fourth-order valence-corrected chi connectivity index (χ4v) is 2.20. The molecule has 0 aliphatic heterocycles. The van der Waals surface area contributed by atoms with Crippen LogP contribution in [0.1, 0.15) is 0 Å². The Morgan fingerprint density at radius 3 is 2.65 bits per heavy atom. The highest BCUT2D eigenvalue weighted by molar-refractivity contribution is 9.10. The van der Waals surface area contributed by atoms with Crippen molar-refractivity contribution in [2.45, 2.75) is 0 Å². The first kappa shape index (κ1) is 10.4. The van der Waals surface area contributed by atoms with Crippen molar-refractivity contribution in [2.75, 3.05) is 0 Å². The number of halogens is 2. The Bertz CT molecular complexity index is 676. The molecule has 0 fully saturated rings. The van der Waals surface area contributed by atoms with Crippen LogP contribution in [-0.4, -0.2) is 14.4 Å². The Morgan fingerprint density at radius 1 is 1.12 bits per heavy atom. The second kappa shape index (κ2) is 3.92. The molecule has 0 spiro atoms. The summed E-state index contributed by atoms with van der Waals surface area (Å²) in [7, 11) is 0. The average Bonchev–Trinajstić information content (AvgIpc) is 2.69. The molecule has 0 saturated carbocycles. The third-order valence-corrected chi connectivity index (χ3v) is 3.09. The molecule has 0 aliphatic rings. The molecule has 2 aromatic heterocycles. The Morgan fingerprint density at radius 2 is 1.88 bits per heavy atom. The van der Waals surface area contributed by atoms with Gasteiger partial charge in [0, 0.05) is 11.8 Å². The van der Waals surface area contributed by atoms with Crippen molar-refractivity contribution >= 4 is 21.4 Å². The zero-order chi connectivity index (χ0) is 11.8. The van der Waals surface area contributed by atoms with Gasteiger partial charge in [-0.05, 0) is 46.3 Å². The van der Waals surface area contributed by atoms with Crippen molar-refractivity contribution in [3.63, 3.8) is 0 Å². The molecule has 0 atom stereocenters. The lowest BCUT2D eigenvalue weighted by Crippen LogP contribution is -1.90. The summed E-state index contributed by atoms with van der Waals surface area (Å²) in [6.07, 6.45) is 3.39. The highest BCUT2D eigenvalue weighted by Gasteiger charge is 2.10. The first-order valence-electron chi connectivity index (χ1n) is 4.99. The van der Waals surface area contributed by atoms with E-state index in [4.69, 9.17) is 0 Å². The maximum absolute atomic E-state index is 12.9. The van der Waals surface area contributed by atoms with Gasteiger partial charge in [0.15, 0.2) is 0 Å². The molecule has 3 rings (SSSR count). The van der Waals surface area contributed by atoms with Gasteiger partial charge in [-0.3, -0.25) is 4.40 Å². The summed E-state index contributed by atoms with van der Waals surface area (Å²) in [5.41, 5.74) is 1.78. The van der Waals surface area contributed by atoms with E-state index < -0.39 is 0 Å². The Labute approximate surface area is 105 Å². The van der Waals surface area contributed by atoms with Crippen LogP contribution in [-0.2, 0) is 0 Å². The summed E-state index contributed by atoms with van der Waals surface area (Å²) in [5, 5.41) is 0. The van der Waals surface area contributed by atoms with E-state index >= 15 is 0 Å². The maximum atomic E-state index is 12.9. The van der Waals surface area contributed by atoms with Crippen LogP contribution < -0.4 is 0 Å². The number of benzene rings is 1. The molecule has 0 bridgehead atoms. The van der Waals surface area contributed by atoms with Crippen LogP contribution in [0.15, 0.2) is 47.5 Å². The molecule has 1 aromatic carbocycles. The summed E-state index contributed by atoms with van der Waals surface area (Å²) in [6.45, 7) is 0. The number of nitrogens with zero attached hydrogens (tertiary/aromatic N) is 3. The predicted octanol–water partition coefficient (Wildman–Crippen LogP) is 3.30. The van der Waals surface area contributed by atoms with Gasteiger partial charge in [-0.25, -0.2) is 14.4 Å². The van der Waals surface area contributed by atoms with Crippen molar-refractivity contribution < 1.29 is 4.39 Å². The molecule has 84 valence electrons. The van der Waals surface area contributed by atoms with Crippen molar-refractivity contribution in [1.29, 1.82) is 0 Å². The maximum Gasteiger partial charge on any atom is 0.147 e. The van der Waals surface area contributed by atoms with E-state index in [1.165, 1.54) is 12.1 Å². The third-order valence-electron chi connectivity index (χ3n) is 2.51. The van der Waals surface area contributed by atoms with Crippen molar-refractivity contribution in [2.24, 2.45) is 0 Å². The number of fused-ring (bicyclic) bond motifs is 1. The second-order valence-corrected chi connectivity index (χ2v) is 4.32. The number of rotatable bonds is 1. The van der Waals surface area contributed by atoms with Crippen LogP contribution in [0.3, 0.4) is 0 Å². The van der Waals surface area contributed by atoms with Gasteiger partial charge >= 0.3 is 0 Å². The molecule has 0 unspecified atom stereocenters. The van der Waals surface area contributed by atoms with Crippen molar-refractivity contribution in [3.05, 3.63) is 53.3 Å². The number of aromatic nitrogens is 3. The van der Waals surface area contributed by atoms with Crippen LogP contribution >= 0.6 is 15.9 Å². The highest BCUT2D eigenvalue weighted by atomic mass is 79.9. The van der Waals surface area contributed by atoms with Gasteiger partial charge in [-0.2, -0.15) is 0 Å². The van der Waals surface area contributed by atoms with E-state index in [0.717, 1.165) is 21.5 Å². The molecule has 0 aliphatic carbocycles. The van der Waals surface area contributed by atoms with Crippen LogP contribution in [0, 0.1) is 5.82 Å². The molecule has 0 N–H and O–H groups in total. The zero-order valence-corrected chi connectivity index (χ0v) is 10.2. The minimum atomic E-state index is -0.258. The fraction of sp³-hybridized carbons (Fsp3) is 0. The lowest BCUT2D eigenvalue weighted by atomic mass is 10.2. The van der Waals surface area contributed by atoms with Gasteiger partial charge in [0.1, 0.15) is 22.6 Å². The topological polar surface area (TPSA) is 30.2 Å². The Kier molecular flexibility index (Phi) is 2.40. The van der Waals surface area contributed by atoms with E-state index in [2.05, 4.69) is 25.9 Å². The van der Waals surface area contributed by atoms with Crippen molar-refractivity contribution in [3.8, 4) is 11.4 Å². The molecule has 0 saturated heterocycles. The summed E-state index contributed by atoms with van der Waals surface area (Å²) in [6, 6.07) is 8.10. The quantitative estimate of drug-likeness (QED) is 0.689. The monoisotopic (exact) mass is 291 g/mol. The molecule has 5 heteroatoms. The van der Waals surface area contributed by atoms with Gasteiger partial charge < -0.3 is 0 Å². The number of hydrogen-bond acceptors (Lipinski definition) is 2. The van der Waals surface area contributed by atoms with Gasteiger partial charge in [-0.1, -0.05) is 0 Å². The third kappa shape index (κ3) is 1.72. The van der Waals surface area contributed by atoms with Gasteiger partial charge in [0.2, 0.25) is 0 Å². The summed E-state index contributed by atoms with van der Waals surface area (Å²) < 4.78 is 15.5. The van der Waals surface area contributed by atoms with E-state index in [0.29, 0.717) is 0 Å². The fourth-order valence-electron chi connectivity index (χ4n) is 1.70. The summed E-state index contributed by atoms with van der Waals surface area (Å²) >= 11 is 3.40. The van der Waals surface area contributed by atoms with Crippen molar-refractivity contribution in [1.82, 2.24) is 14.4 Å². The van der Waals surface area contributed by atoms with Gasteiger partial charge in [0.05, 0.1) is 5.52 Å². The molecule has 2 heterocycles. The van der Waals surface area contributed by atoms with E-state index in [9.17, 15) is 4.39 Å². The minimum Gasteiger partial charge on any atom is -0.282 e. The summed E-state index contributed by atoms with van der Waals surface area (Å²) in [5.74, 6) is 0.478. The zero-order valence-electron chi connectivity index (χ0n) is 8.64. The largest absolute Gasteiger partial charge is 0.282 e. The number of hydrogen-bond donors (Lipinski definition) is 0. The van der Waals surface area contributed by atoms with Gasteiger partial charge in [-0.15, -0.1) is 0 Å². The van der Waals surface area contributed by atoms with Crippen LogP contribution in [0.25, 0.3) is 16.9 Å². The molecule has 0 amide bonds. The average molecular weight is 292 g/mol. The van der Waals surface area contributed by atoms with E-state index in [1.54, 1.807) is 24.7 Å². The Balaban J connectivity index is 2.27. The molecule has 3 aromatic rings. The predicted molar refractivity (Wildman–Crippen MR) is 66.1 cm³/mol. The minimum absolute atomic E-state index is 0.258. The smallest absolute Gasteiger partial charge is 0.147 e. The molecule has 0 radical (unpaired) electrons. The molecule has 17 heavy (non-hydrogen) atoms. The van der Waals surface area contributed by atoms with Crippen LogP contribution in [0.5, 0.6) is 0 Å². The SMILES string of the molecule is Fc1ccc(-c2nc(Br)c3ccncn23)cc1. The second-order valence-electron chi connectivity index (χ2n) is 3.57.